The third-order valence-electron chi connectivity index (χ3n) is 6.24. The van der Waals surface area contributed by atoms with Crippen molar-refractivity contribution in [2.45, 2.75) is 51.2 Å². The topological polar surface area (TPSA) is 83.4 Å². The Morgan fingerprint density at radius 3 is 2.50 bits per heavy atom. The summed E-state index contributed by atoms with van der Waals surface area (Å²) in [5.74, 6) is 1.54. The van der Waals surface area contributed by atoms with Crippen LogP contribution >= 0.6 is 11.8 Å². The molecule has 0 unspecified atom stereocenters. The fourth-order valence-electron chi connectivity index (χ4n) is 4.33. The summed E-state index contributed by atoms with van der Waals surface area (Å²) in [4.78, 5) is 29.3. The number of rotatable bonds is 6. The minimum atomic E-state index is -0.00905. The number of hydrogen-bond acceptors (Lipinski definition) is 6. The Bertz CT molecular complexity index is 947. The SMILES string of the molecule is Cc1cccc(C)c1NC(=O)CN1CCN(C(=O)CSc2nnc3n2CCCCC3)CC1. The van der Waals surface area contributed by atoms with Crippen LogP contribution in [0, 0.1) is 13.8 Å². The monoisotopic (exact) mass is 456 g/mol. The highest BCUT2D eigenvalue weighted by molar-refractivity contribution is 7.99. The van der Waals surface area contributed by atoms with Gasteiger partial charge < -0.3 is 14.8 Å². The van der Waals surface area contributed by atoms with Crippen molar-refractivity contribution in [3.05, 3.63) is 35.2 Å². The van der Waals surface area contributed by atoms with Crippen LogP contribution in [0.5, 0.6) is 0 Å². The van der Waals surface area contributed by atoms with Crippen molar-refractivity contribution < 1.29 is 9.59 Å². The maximum absolute atomic E-state index is 12.7. The Hall–Kier alpha value is -2.39. The zero-order valence-electron chi connectivity index (χ0n) is 19.0. The number of benzene rings is 1. The molecule has 0 atom stereocenters. The van der Waals surface area contributed by atoms with E-state index in [1.165, 1.54) is 18.2 Å². The number of nitrogens with zero attached hydrogens (tertiary/aromatic N) is 5. The van der Waals surface area contributed by atoms with E-state index in [4.69, 9.17) is 0 Å². The number of fused-ring (bicyclic) bond motifs is 1. The molecule has 1 aromatic carbocycles. The van der Waals surface area contributed by atoms with Crippen molar-refractivity contribution in [3.63, 3.8) is 0 Å². The van der Waals surface area contributed by atoms with Gasteiger partial charge in [0, 0.05) is 44.8 Å². The molecule has 0 bridgehead atoms. The fraction of sp³-hybridized carbons (Fsp3) is 0.565. The van der Waals surface area contributed by atoms with Crippen molar-refractivity contribution in [2.75, 3.05) is 43.8 Å². The van der Waals surface area contributed by atoms with Gasteiger partial charge in [-0.05, 0) is 37.8 Å². The number of para-hydroxylation sites is 1. The molecule has 3 heterocycles. The summed E-state index contributed by atoms with van der Waals surface area (Å²) in [6.07, 6.45) is 4.50. The molecule has 9 heteroatoms. The second kappa shape index (κ2) is 10.5. The number of thioether (sulfide) groups is 1. The van der Waals surface area contributed by atoms with Gasteiger partial charge in [0.05, 0.1) is 12.3 Å². The first-order valence-corrected chi connectivity index (χ1v) is 12.4. The predicted molar refractivity (Wildman–Crippen MR) is 126 cm³/mol. The molecule has 1 fully saturated rings. The summed E-state index contributed by atoms with van der Waals surface area (Å²) in [5, 5.41) is 12.5. The van der Waals surface area contributed by atoms with E-state index in [1.54, 1.807) is 0 Å². The molecule has 2 aliphatic rings. The van der Waals surface area contributed by atoms with Gasteiger partial charge in [0.1, 0.15) is 5.82 Å². The van der Waals surface area contributed by atoms with Gasteiger partial charge in [-0.2, -0.15) is 0 Å². The normalized spacial score (nSPS) is 17.0. The van der Waals surface area contributed by atoms with Crippen molar-refractivity contribution in [3.8, 4) is 0 Å². The third-order valence-corrected chi connectivity index (χ3v) is 7.19. The Labute approximate surface area is 193 Å². The molecule has 32 heavy (non-hydrogen) atoms. The molecule has 2 aromatic rings. The molecule has 0 spiro atoms. The van der Waals surface area contributed by atoms with E-state index < -0.39 is 0 Å². The number of nitrogens with one attached hydrogen (secondary N) is 1. The first-order chi connectivity index (χ1) is 15.5. The van der Waals surface area contributed by atoms with Crippen molar-refractivity contribution >= 4 is 29.3 Å². The number of hydrogen-bond donors (Lipinski definition) is 1. The summed E-state index contributed by atoms with van der Waals surface area (Å²) in [7, 11) is 0. The summed E-state index contributed by atoms with van der Waals surface area (Å²) in [6, 6.07) is 6.00. The molecule has 0 saturated carbocycles. The highest BCUT2D eigenvalue weighted by Gasteiger charge is 2.24. The summed E-state index contributed by atoms with van der Waals surface area (Å²) < 4.78 is 2.18. The molecule has 1 N–H and O–H groups in total. The summed E-state index contributed by atoms with van der Waals surface area (Å²) in [5.41, 5.74) is 3.03. The van der Waals surface area contributed by atoms with E-state index in [1.807, 2.05) is 36.9 Å². The molecule has 1 saturated heterocycles. The number of amides is 2. The van der Waals surface area contributed by atoms with Crippen LogP contribution in [0.1, 0.15) is 36.2 Å². The second-order valence-corrected chi connectivity index (χ2v) is 9.56. The lowest BCUT2D eigenvalue weighted by molar-refractivity contribution is -0.130. The quantitative estimate of drug-likeness (QED) is 0.673. The lowest BCUT2D eigenvalue weighted by Gasteiger charge is -2.34. The van der Waals surface area contributed by atoms with E-state index in [-0.39, 0.29) is 11.8 Å². The minimum absolute atomic E-state index is 0.00905. The van der Waals surface area contributed by atoms with Gasteiger partial charge in [-0.15, -0.1) is 10.2 Å². The molecule has 0 aliphatic carbocycles. The molecule has 172 valence electrons. The van der Waals surface area contributed by atoms with Crippen LogP contribution in [0.4, 0.5) is 5.69 Å². The first-order valence-electron chi connectivity index (χ1n) is 11.4. The largest absolute Gasteiger partial charge is 0.339 e. The van der Waals surface area contributed by atoms with Gasteiger partial charge in [0.2, 0.25) is 11.8 Å². The maximum Gasteiger partial charge on any atom is 0.238 e. The van der Waals surface area contributed by atoms with Crippen molar-refractivity contribution in [1.82, 2.24) is 24.6 Å². The Kier molecular flexibility index (Phi) is 7.47. The first kappa shape index (κ1) is 22.8. The van der Waals surface area contributed by atoms with Gasteiger partial charge in [0.25, 0.3) is 0 Å². The van der Waals surface area contributed by atoms with Crippen LogP contribution in [-0.4, -0.2) is 74.9 Å². The van der Waals surface area contributed by atoms with Crippen molar-refractivity contribution in [1.29, 1.82) is 0 Å². The van der Waals surface area contributed by atoms with E-state index in [0.29, 0.717) is 38.5 Å². The highest BCUT2D eigenvalue weighted by Crippen LogP contribution is 2.22. The number of carbonyl (C=O) groups excluding carboxylic acids is 2. The zero-order chi connectivity index (χ0) is 22.5. The maximum atomic E-state index is 12.7. The van der Waals surface area contributed by atoms with E-state index in [9.17, 15) is 9.59 Å². The smallest absolute Gasteiger partial charge is 0.238 e. The van der Waals surface area contributed by atoms with Crippen LogP contribution in [0.15, 0.2) is 23.4 Å². The standard InChI is InChI=1S/C23H32N6O2S/c1-17-7-6-8-18(2)22(17)24-20(30)15-27-11-13-28(14-12-27)21(31)16-32-23-26-25-19-9-4-3-5-10-29(19)23/h6-8H,3-5,9-16H2,1-2H3,(H,24,30). The number of aromatic nitrogens is 3. The van der Waals surface area contributed by atoms with Gasteiger partial charge in [-0.3, -0.25) is 14.5 Å². The molecule has 8 nitrogen and oxygen atoms in total. The average Bonchev–Trinajstić information content (AvgIpc) is 3.01. The fourth-order valence-corrected chi connectivity index (χ4v) is 5.22. The third kappa shape index (κ3) is 5.50. The number of carbonyl (C=O) groups is 2. The summed E-state index contributed by atoms with van der Waals surface area (Å²) >= 11 is 1.49. The summed E-state index contributed by atoms with van der Waals surface area (Å²) in [6.45, 7) is 8.00. The van der Waals surface area contributed by atoms with E-state index in [2.05, 4.69) is 25.0 Å². The van der Waals surface area contributed by atoms with E-state index >= 15 is 0 Å². The van der Waals surface area contributed by atoms with Crippen LogP contribution in [0.25, 0.3) is 0 Å². The average molecular weight is 457 g/mol. The van der Waals surface area contributed by atoms with Gasteiger partial charge in [-0.25, -0.2) is 0 Å². The second-order valence-electron chi connectivity index (χ2n) is 8.62. The van der Waals surface area contributed by atoms with Crippen LogP contribution in [0.2, 0.25) is 0 Å². The lowest BCUT2D eigenvalue weighted by Crippen LogP contribution is -2.51. The van der Waals surface area contributed by atoms with Crippen LogP contribution < -0.4 is 5.32 Å². The molecule has 2 amide bonds. The Morgan fingerprint density at radius 2 is 1.75 bits per heavy atom. The molecule has 4 rings (SSSR count). The highest BCUT2D eigenvalue weighted by atomic mass is 32.2. The molecule has 2 aliphatic heterocycles. The predicted octanol–water partition coefficient (Wildman–Crippen LogP) is 2.50. The van der Waals surface area contributed by atoms with Crippen LogP contribution in [0.3, 0.4) is 0 Å². The molecule has 1 aromatic heterocycles. The van der Waals surface area contributed by atoms with Gasteiger partial charge in [0.15, 0.2) is 5.16 Å². The van der Waals surface area contributed by atoms with E-state index in [0.717, 1.165) is 53.6 Å². The van der Waals surface area contributed by atoms with Gasteiger partial charge in [-0.1, -0.05) is 36.4 Å². The number of piperazine rings is 1. The Balaban J connectivity index is 1.22. The number of anilines is 1. The minimum Gasteiger partial charge on any atom is -0.339 e. The molecular formula is C23H32N6O2S. The Morgan fingerprint density at radius 1 is 1.00 bits per heavy atom. The lowest BCUT2D eigenvalue weighted by atomic mass is 10.1. The van der Waals surface area contributed by atoms with Gasteiger partial charge >= 0.3 is 0 Å². The molecule has 0 radical (unpaired) electrons. The zero-order valence-corrected chi connectivity index (χ0v) is 19.8. The molecular weight excluding hydrogens is 424 g/mol. The van der Waals surface area contributed by atoms with Crippen molar-refractivity contribution in [2.24, 2.45) is 0 Å². The van der Waals surface area contributed by atoms with Crippen LogP contribution in [-0.2, 0) is 22.6 Å². The number of aryl methyl sites for hydroxylation is 3.